The largest absolute Gasteiger partial charge is 0.336 e. The highest BCUT2D eigenvalue weighted by molar-refractivity contribution is 9.10. The molecule has 1 aromatic rings. The SMILES string of the molecule is Cl.O=C(CCC1CCCN1)N1CCCC1c1cccc(Br)c1. The summed E-state index contributed by atoms with van der Waals surface area (Å²) in [5, 5.41) is 3.48. The fourth-order valence-electron chi connectivity index (χ4n) is 3.57. The van der Waals surface area contributed by atoms with Gasteiger partial charge in [-0.05, 0) is 56.3 Å². The number of carbonyl (C=O) groups excluding carboxylic acids is 1. The maximum Gasteiger partial charge on any atom is 0.223 e. The Kier molecular flexibility index (Phi) is 6.72. The van der Waals surface area contributed by atoms with E-state index in [0.29, 0.717) is 18.4 Å². The second-order valence-electron chi connectivity index (χ2n) is 6.13. The van der Waals surface area contributed by atoms with E-state index in [2.05, 4.69) is 44.3 Å². The van der Waals surface area contributed by atoms with Crippen LogP contribution < -0.4 is 5.32 Å². The van der Waals surface area contributed by atoms with Crippen molar-refractivity contribution < 1.29 is 4.79 Å². The lowest BCUT2D eigenvalue weighted by atomic mass is 10.0. The molecule has 1 aromatic carbocycles. The summed E-state index contributed by atoms with van der Waals surface area (Å²) >= 11 is 3.53. The van der Waals surface area contributed by atoms with E-state index < -0.39 is 0 Å². The molecule has 1 N–H and O–H groups in total. The highest BCUT2D eigenvalue weighted by atomic mass is 79.9. The van der Waals surface area contributed by atoms with E-state index in [-0.39, 0.29) is 18.4 Å². The summed E-state index contributed by atoms with van der Waals surface area (Å²) in [5.41, 5.74) is 1.26. The molecule has 0 radical (unpaired) electrons. The molecule has 0 saturated carbocycles. The van der Waals surface area contributed by atoms with Gasteiger partial charge in [0.05, 0.1) is 6.04 Å². The van der Waals surface area contributed by atoms with Crippen LogP contribution in [0.3, 0.4) is 0 Å². The molecule has 0 aliphatic carbocycles. The van der Waals surface area contributed by atoms with E-state index in [4.69, 9.17) is 0 Å². The minimum atomic E-state index is 0. The molecular weight excluding hydrogens is 364 g/mol. The van der Waals surface area contributed by atoms with Crippen molar-refractivity contribution in [2.45, 2.75) is 50.6 Å². The second-order valence-corrected chi connectivity index (χ2v) is 7.05. The number of carbonyl (C=O) groups is 1. The standard InChI is InChI=1S/C17H23BrN2O.ClH/c18-14-5-1-4-13(12-14)16-7-3-11-20(16)17(21)9-8-15-6-2-10-19-15;/h1,4-5,12,15-16,19H,2-3,6-11H2;1H. The molecule has 3 rings (SSSR count). The third-order valence-corrected chi connectivity index (χ3v) is 5.17. The van der Waals surface area contributed by atoms with Crippen LogP contribution in [0.5, 0.6) is 0 Å². The second kappa shape index (κ2) is 8.32. The molecule has 1 amide bonds. The third-order valence-electron chi connectivity index (χ3n) is 4.68. The maximum absolute atomic E-state index is 12.6. The summed E-state index contributed by atoms with van der Waals surface area (Å²) in [6.45, 7) is 2.03. The number of hydrogen-bond donors (Lipinski definition) is 1. The van der Waals surface area contributed by atoms with Crippen LogP contribution in [0.1, 0.15) is 50.1 Å². The summed E-state index contributed by atoms with van der Waals surface area (Å²) in [5.74, 6) is 0.325. The molecule has 122 valence electrons. The topological polar surface area (TPSA) is 32.3 Å². The molecule has 22 heavy (non-hydrogen) atoms. The van der Waals surface area contributed by atoms with Crippen LogP contribution in [-0.4, -0.2) is 29.9 Å². The molecule has 0 spiro atoms. The lowest BCUT2D eigenvalue weighted by molar-refractivity contribution is -0.132. The van der Waals surface area contributed by atoms with E-state index in [1.54, 1.807) is 0 Å². The highest BCUT2D eigenvalue weighted by Gasteiger charge is 2.30. The summed E-state index contributed by atoms with van der Waals surface area (Å²) in [4.78, 5) is 14.7. The summed E-state index contributed by atoms with van der Waals surface area (Å²) in [6.07, 6.45) is 6.35. The summed E-state index contributed by atoms with van der Waals surface area (Å²) in [6, 6.07) is 9.21. The summed E-state index contributed by atoms with van der Waals surface area (Å²) in [7, 11) is 0. The predicted molar refractivity (Wildman–Crippen MR) is 95.3 cm³/mol. The molecule has 2 atom stereocenters. The van der Waals surface area contributed by atoms with Gasteiger partial charge in [0, 0.05) is 23.5 Å². The average molecular weight is 388 g/mol. The normalized spacial score (nSPS) is 24.3. The molecule has 2 unspecified atom stereocenters. The Hall–Kier alpha value is -0.580. The Bertz CT molecular complexity index is 505. The van der Waals surface area contributed by atoms with Gasteiger partial charge >= 0.3 is 0 Å². The van der Waals surface area contributed by atoms with Crippen molar-refractivity contribution in [3.8, 4) is 0 Å². The number of rotatable bonds is 4. The quantitative estimate of drug-likeness (QED) is 0.844. The first-order valence-electron chi connectivity index (χ1n) is 8.02. The molecule has 0 bridgehead atoms. The number of nitrogens with one attached hydrogen (secondary N) is 1. The zero-order valence-corrected chi connectivity index (χ0v) is 15.2. The van der Waals surface area contributed by atoms with Gasteiger partial charge in [0.2, 0.25) is 5.91 Å². The molecule has 2 heterocycles. The zero-order chi connectivity index (χ0) is 14.7. The minimum Gasteiger partial charge on any atom is -0.336 e. The van der Waals surface area contributed by atoms with Gasteiger partial charge in [-0.2, -0.15) is 0 Å². The lowest BCUT2D eigenvalue weighted by Gasteiger charge is -2.26. The first-order chi connectivity index (χ1) is 10.2. The molecule has 5 heteroatoms. The molecule has 2 aliphatic rings. The van der Waals surface area contributed by atoms with Crippen molar-refractivity contribution in [1.82, 2.24) is 10.2 Å². The van der Waals surface area contributed by atoms with Crippen molar-refractivity contribution in [2.75, 3.05) is 13.1 Å². The van der Waals surface area contributed by atoms with Crippen molar-refractivity contribution in [3.63, 3.8) is 0 Å². The fraction of sp³-hybridized carbons (Fsp3) is 0.588. The van der Waals surface area contributed by atoms with Gasteiger partial charge in [-0.3, -0.25) is 4.79 Å². The van der Waals surface area contributed by atoms with Gasteiger partial charge in [-0.15, -0.1) is 12.4 Å². The van der Waals surface area contributed by atoms with Crippen LogP contribution in [0.2, 0.25) is 0 Å². The van der Waals surface area contributed by atoms with E-state index in [9.17, 15) is 4.79 Å². The van der Waals surface area contributed by atoms with Crippen LogP contribution >= 0.6 is 28.3 Å². The minimum absolute atomic E-state index is 0. The van der Waals surface area contributed by atoms with E-state index in [1.807, 2.05) is 6.07 Å². The van der Waals surface area contributed by atoms with Gasteiger partial charge in [0.25, 0.3) is 0 Å². The first kappa shape index (κ1) is 17.8. The number of halogens is 2. The Morgan fingerprint density at radius 2 is 2.18 bits per heavy atom. The average Bonchev–Trinajstić information content (AvgIpc) is 3.16. The molecule has 2 fully saturated rings. The van der Waals surface area contributed by atoms with E-state index in [1.165, 1.54) is 18.4 Å². The van der Waals surface area contributed by atoms with Crippen molar-refractivity contribution in [3.05, 3.63) is 34.3 Å². The number of amides is 1. The third kappa shape index (κ3) is 4.24. The predicted octanol–water partition coefficient (Wildman–Crippen LogP) is 4.07. The Balaban J connectivity index is 0.00000176. The Labute approximate surface area is 147 Å². The summed E-state index contributed by atoms with van der Waals surface area (Å²) < 4.78 is 1.09. The Morgan fingerprint density at radius 3 is 2.91 bits per heavy atom. The number of benzene rings is 1. The van der Waals surface area contributed by atoms with E-state index >= 15 is 0 Å². The van der Waals surface area contributed by atoms with Gasteiger partial charge in [0.1, 0.15) is 0 Å². The van der Waals surface area contributed by atoms with Crippen LogP contribution in [0.4, 0.5) is 0 Å². The Morgan fingerprint density at radius 1 is 1.32 bits per heavy atom. The lowest BCUT2D eigenvalue weighted by Crippen LogP contribution is -2.32. The van der Waals surface area contributed by atoms with Gasteiger partial charge < -0.3 is 10.2 Å². The molecular formula is C17H24BrClN2O. The van der Waals surface area contributed by atoms with Crippen LogP contribution in [0.15, 0.2) is 28.7 Å². The maximum atomic E-state index is 12.6. The monoisotopic (exact) mass is 386 g/mol. The zero-order valence-electron chi connectivity index (χ0n) is 12.8. The van der Waals surface area contributed by atoms with Gasteiger partial charge in [-0.1, -0.05) is 28.1 Å². The van der Waals surface area contributed by atoms with Gasteiger partial charge in [0.15, 0.2) is 0 Å². The van der Waals surface area contributed by atoms with Gasteiger partial charge in [-0.25, -0.2) is 0 Å². The molecule has 2 aliphatic heterocycles. The van der Waals surface area contributed by atoms with Crippen molar-refractivity contribution in [2.24, 2.45) is 0 Å². The number of nitrogens with zero attached hydrogens (tertiary/aromatic N) is 1. The van der Waals surface area contributed by atoms with E-state index in [0.717, 1.165) is 36.8 Å². The van der Waals surface area contributed by atoms with Crippen LogP contribution in [0, 0.1) is 0 Å². The van der Waals surface area contributed by atoms with Crippen molar-refractivity contribution in [1.29, 1.82) is 0 Å². The number of hydrogen-bond acceptors (Lipinski definition) is 2. The fourth-order valence-corrected chi connectivity index (χ4v) is 3.99. The molecule has 2 saturated heterocycles. The van der Waals surface area contributed by atoms with Crippen molar-refractivity contribution >= 4 is 34.2 Å². The van der Waals surface area contributed by atoms with Crippen LogP contribution in [-0.2, 0) is 4.79 Å². The van der Waals surface area contributed by atoms with Crippen LogP contribution in [0.25, 0.3) is 0 Å². The molecule has 0 aromatic heterocycles. The highest BCUT2D eigenvalue weighted by Crippen LogP contribution is 2.33. The number of likely N-dealkylation sites (tertiary alicyclic amines) is 1. The molecule has 3 nitrogen and oxygen atoms in total. The first-order valence-corrected chi connectivity index (χ1v) is 8.81. The smallest absolute Gasteiger partial charge is 0.223 e.